The number of rotatable bonds is 10. The quantitative estimate of drug-likeness (QED) is 0.259. The van der Waals surface area contributed by atoms with Crippen molar-refractivity contribution in [2.24, 2.45) is 16.6 Å². The minimum absolute atomic E-state index is 0.0703. The second-order valence-electron chi connectivity index (χ2n) is 7.70. The van der Waals surface area contributed by atoms with Gasteiger partial charge in [0, 0.05) is 25.9 Å². The maximum atomic E-state index is 12.5. The van der Waals surface area contributed by atoms with Gasteiger partial charge in [0.25, 0.3) is 5.91 Å². The lowest BCUT2D eigenvalue weighted by molar-refractivity contribution is -0.119. The molecule has 170 valence electrons. The molecule has 1 heterocycles. The fourth-order valence-corrected chi connectivity index (χ4v) is 3.88. The number of nitrogens with zero attached hydrogens (tertiary/aromatic N) is 2. The number of carbonyl (C=O) groups is 1. The summed E-state index contributed by atoms with van der Waals surface area (Å²) >= 11 is 0. The van der Waals surface area contributed by atoms with Crippen molar-refractivity contribution in [1.29, 1.82) is 0 Å². The molecular formula is C23H36N6O2. The normalized spacial score (nSPS) is 17.2. The molecule has 1 amide bonds. The number of anilines is 1. The van der Waals surface area contributed by atoms with E-state index in [0.29, 0.717) is 24.0 Å². The van der Waals surface area contributed by atoms with Crippen LogP contribution in [-0.4, -0.2) is 43.3 Å². The Hall–Kier alpha value is -2.87. The Bertz CT molecular complexity index is 795. The van der Waals surface area contributed by atoms with Crippen LogP contribution in [0.4, 0.5) is 5.82 Å². The number of likely N-dealkylation sites (N-methyl/N-ethyl adjacent to an activating group) is 1. The van der Waals surface area contributed by atoms with E-state index in [1.165, 1.54) is 25.5 Å². The molecule has 0 spiro atoms. The highest BCUT2D eigenvalue weighted by molar-refractivity contribution is 6.12. The van der Waals surface area contributed by atoms with Crippen LogP contribution < -0.4 is 21.8 Å². The van der Waals surface area contributed by atoms with E-state index in [1.807, 2.05) is 26.0 Å². The van der Waals surface area contributed by atoms with Gasteiger partial charge in [-0.2, -0.15) is 0 Å². The molecule has 1 atom stereocenters. The maximum absolute atomic E-state index is 12.5. The van der Waals surface area contributed by atoms with E-state index < -0.39 is 0 Å². The first-order valence-corrected chi connectivity index (χ1v) is 10.9. The molecule has 0 bridgehead atoms. The van der Waals surface area contributed by atoms with Gasteiger partial charge < -0.3 is 16.4 Å². The zero-order valence-corrected chi connectivity index (χ0v) is 19.1. The Labute approximate surface area is 185 Å². The fourth-order valence-electron chi connectivity index (χ4n) is 3.88. The van der Waals surface area contributed by atoms with Gasteiger partial charge in [-0.1, -0.05) is 25.3 Å². The van der Waals surface area contributed by atoms with E-state index in [0.717, 1.165) is 29.7 Å². The number of hydrogen-bond acceptors (Lipinski definition) is 7. The molecule has 1 aliphatic rings. The van der Waals surface area contributed by atoms with Crippen LogP contribution in [0.15, 0.2) is 46.9 Å². The van der Waals surface area contributed by atoms with Gasteiger partial charge in [-0.05, 0) is 56.5 Å². The smallest absolute Gasteiger partial charge is 0.267 e. The Morgan fingerprint density at radius 3 is 2.65 bits per heavy atom. The minimum Gasteiger partial charge on any atom is -0.404 e. The summed E-state index contributed by atoms with van der Waals surface area (Å²) in [6.45, 7) is 4.11. The van der Waals surface area contributed by atoms with Crippen LogP contribution in [0.2, 0.25) is 0 Å². The number of carbonyl (C=O) groups excluding carboxylic acids is 1. The van der Waals surface area contributed by atoms with Crippen LogP contribution in [0.1, 0.15) is 51.5 Å². The fraction of sp³-hybridized carbons (Fsp3) is 0.522. The standard InChI is InChI=1S/C23H36N6O2/c1-5-19(25-3)23(30)28-20(17-9-7-6-8-10-17)15-31-29-21-12-11-18(14-27-21)22(26-4)16(2)13-24/h5,11-14,17,20,25H,6-10,15,24H2,1-4H3,(H,27,29)(H,28,30)/b16-13-,19-5-,26-22?/t20-/m1/s1. The number of hydrogen-bond donors (Lipinski definition) is 4. The molecule has 1 fully saturated rings. The Morgan fingerprint density at radius 1 is 1.35 bits per heavy atom. The molecule has 5 N–H and O–H groups in total. The highest BCUT2D eigenvalue weighted by Gasteiger charge is 2.26. The molecule has 1 aromatic rings. The predicted octanol–water partition coefficient (Wildman–Crippen LogP) is 2.89. The molecule has 31 heavy (non-hydrogen) atoms. The third-order valence-electron chi connectivity index (χ3n) is 5.66. The maximum Gasteiger partial charge on any atom is 0.267 e. The highest BCUT2D eigenvalue weighted by Crippen LogP contribution is 2.27. The molecule has 1 saturated carbocycles. The number of allylic oxidation sites excluding steroid dienone is 2. The molecule has 2 rings (SSSR count). The van der Waals surface area contributed by atoms with Gasteiger partial charge in [0.2, 0.25) is 0 Å². The van der Waals surface area contributed by atoms with Crippen LogP contribution in [0.5, 0.6) is 0 Å². The highest BCUT2D eigenvalue weighted by atomic mass is 16.6. The zero-order chi connectivity index (χ0) is 22.6. The Morgan fingerprint density at radius 2 is 2.10 bits per heavy atom. The van der Waals surface area contributed by atoms with Crippen LogP contribution >= 0.6 is 0 Å². The summed E-state index contributed by atoms with van der Waals surface area (Å²) in [6, 6.07) is 3.68. The van der Waals surface area contributed by atoms with E-state index in [1.54, 1.807) is 26.4 Å². The van der Waals surface area contributed by atoms with Crippen molar-refractivity contribution in [1.82, 2.24) is 15.6 Å². The number of nitrogens with one attached hydrogen (secondary N) is 3. The van der Waals surface area contributed by atoms with Crippen LogP contribution in [-0.2, 0) is 9.63 Å². The van der Waals surface area contributed by atoms with Crippen molar-refractivity contribution < 1.29 is 9.63 Å². The Balaban J connectivity index is 1.98. The van der Waals surface area contributed by atoms with E-state index in [4.69, 9.17) is 10.6 Å². The van der Waals surface area contributed by atoms with Gasteiger partial charge >= 0.3 is 0 Å². The van der Waals surface area contributed by atoms with Crippen molar-refractivity contribution in [3.05, 3.63) is 47.4 Å². The number of aromatic nitrogens is 1. The zero-order valence-electron chi connectivity index (χ0n) is 19.1. The van der Waals surface area contributed by atoms with E-state index in [-0.39, 0.29) is 11.9 Å². The molecular weight excluding hydrogens is 392 g/mol. The van der Waals surface area contributed by atoms with Crippen molar-refractivity contribution in [3.8, 4) is 0 Å². The van der Waals surface area contributed by atoms with Crippen molar-refractivity contribution >= 4 is 17.4 Å². The molecule has 0 unspecified atom stereocenters. The molecule has 8 nitrogen and oxygen atoms in total. The predicted molar refractivity (Wildman–Crippen MR) is 126 cm³/mol. The average Bonchev–Trinajstić information content (AvgIpc) is 2.81. The summed E-state index contributed by atoms with van der Waals surface area (Å²) in [7, 11) is 3.47. The third kappa shape index (κ3) is 7.10. The monoisotopic (exact) mass is 428 g/mol. The lowest BCUT2D eigenvalue weighted by atomic mass is 9.84. The molecule has 1 aromatic heterocycles. The first-order chi connectivity index (χ1) is 15.0. The van der Waals surface area contributed by atoms with Gasteiger partial charge in [0.1, 0.15) is 5.82 Å². The van der Waals surface area contributed by atoms with Gasteiger partial charge in [0.15, 0.2) is 0 Å². The summed E-state index contributed by atoms with van der Waals surface area (Å²) < 4.78 is 0. The van der Waals surface area contributed by atoms with Crippen molar-refractivity contribution in [2.45, 2.75) is 52.0 Å². The lowest BCUT2D eigenvalue weighted by Crippen LogP contribution is -2.46. The SMILES string of the molecule is C/C=C(\NC)C(=O)N[C@H](CONc1ccc(C(=NC)/C(C)=C\N)cn1)C1CCCCC1. The van der Waals surface area contributed by atoms with Gasteiger partial charge in [-0.25, -0.2) is 10.5 Å². The third-order valence-corrected chi connectivity index (χ3v) is 5.66. The summed E-state index contributed by atoms with van der Waals surface area (Å²) in [5.74, 6) is 0.882. The Kier molecular flexibility index (Phi) is 10.0. The summed E-state index contributed by atoms with van der Waals surface area (Å²) in [5.41, 5.74) is 11.6. The first-order valence-electron chi connectivity index (χ1n) is 10.9. The molecule has 0 aliphatic heterocycles. The minimum atomic E-state index is -0.110. The summed E-state index contributed by atoms with van der Waals surface area (Å²) in [6.07, 6.45) is 10.9. The van der Waals surface area contributed by atoms with Gasteiger partial charge in [-0.3, -0.25) is 14.6 Å². The van der Waals surface area contributed by atoms with E-state index in [2.05, 4.69) is 26.1 Å². The molecule has 1 aliphatic carbocycles. The van der Waals surface area contributed by atoms with E-state index >= 15 is 0 Å². The number of amides is 1. The summed E-state index contributed by atoms with van der Waals surface area (Å²) in [5, 5.41) is 6.07. The second-order valence-corrected chi connectivity index (χ2v) is 7.70. The van der Waals surface area contributed by atoms with E-state index in [9.17, 15) is 4.79 Å². The van der Waals surface area contributed by atoms with Crippen molar-refractivity contribution in [3.63, 3.8) is 0 Å². The van der Waals surface area contributed by atoms with Crippen LogP contribution in [0.3, 0.4) is 0 Å². The average molecular weight is 429 g/mol. The largest absolute Gasteiger partial charge is 0.404 e. The molecule has 0 aromatic carbocycles. The van der Waals surface area contributed by atoms with Crippen LogP contribution in [0, 0.1) is 5.92 Å². The summed E-state index contributed by atoms with van der Waals surface area (Å²) in [4.78, 5) is 27.0. The molecule has 8 heteroatoms. The topological polar surface area (TPSA) is 114 Å². The lowest BCUT2D eigenvalue weighted by Gasteiger charge is -2.31. The van der Waals surface area contributed by atoms with Crippen molar-refractivity contribution in [2.75, 3.05) is 26.2 Å². The number of aliphatic imine (C=N–C) groups is 1. The van der Waals surface area contributed by atoms with Gasteiger partial charge in [0.05, 0.1) is 24.1 Å². The number of nitrogens with two attached hydrogens (primary N) is 1. The second kappa shape index (κ2) is 12.7. The number of pyridine rings is 1. The first kappa shape index (κ1) is 24.4. The van der Waals surface area contributed by atoms with Crippen LogP contribution in [0.25, 0.3) is 0 Å². The molecule has 0 saturated heterocycles. The van der Waals surface area contributed by atoms with Gasteiger partial charge in [-0.15, -0.1) is 0 Å². The molecule has 0 radical (unpaired) electrons.